The van der Waals surface area contributed by atoms with Crippen molar-refractivity contribution in [3.63, 3.8) is 0 Å². The van der Waals surface area contributed by atoms with Gasteiger partial charge in [-0.15, -0.1) is 0 Å². The molecule has 0 bridgehead atoms. The molecule has 0 radical (unpaired) electrons. The van der Waals surface area contributed by atoms with Crippen LogP contribution in [0.2, 0.25) is 0 Å². The highest BCUT2D eigenvalue weighted by Crippen LogP contribution is 2.32. The summed E-state index contributed by atoms with van der Waals surface area (Å²) in [5, 5.41) is 0. The SMILES string of the molecule is COc1ccc(-c2cccc(OC)c2F)c(CN)c1. The summed E-state index contributed by atoms with van der Waals surface area (Å²) in [5.41, 5.74) is 7.77. The zero-order valence-electron chi connectivity index (χ0n) is 10.9. The van der Waals surface area contributed by atoms with Crippen molar-refractivity contribution in [3.8, 4) is 22.6 Å². The van der Waals surface area contributed by atoms with Crippen LogP contribution in [0, 0.1) is 5.82 Å². The van der Waals surface area contributed by atoms with Gasteiger partial charge in [0.05, 0.1) is 14.2 Å². The molecular formula is C15H16FNO2. The van der Waals surface area contributed by atoms with Crippen molar-refractivity contribution in [2.45, 2.75) is 6.54 Å². The monoisotopic (exact) mass is 261 g/mol. The molecule has 2 N–H and O–H groups in total. The van der Waals surface area contributed by atoms with Crippen molar-refractivity contribution < 1.29 is 13.9 Å². The van der Waals surface area contributed by atoms with Crippen LogP contribution in [0.15, 0.2) is 36.4 Å². The Labute approximate surface area is 111 Å². The van der Waals surface area contributed by atoms with Crippen molar-refractivity contribution in [3.05, 3.63) is 47.8 Å². The second kappa shape index (κ2) is 5.71. The molecule has 2 aromatic carbocycles. The third-order valence-electron chi connectivity index (χ3n) is 3.01. The third kappa shape index (κ3) is 2.53. The van der Waals surface area contributed by atoms with Crippen LogP contribution in [0.5, 0.6) is 11.5 Å². The standard InChI is InChI=1S/C15H16FNO2/c1-18-11-6-7-12(10(8-11)9-17)13-4-3-5-14(19-2)15(13)16/h3-8H,9,17H2,1-2H3. The second-order valence-corrected chi connectivity index (χ2v) is 4.05. The van der Waals surface area contributed by atoms with E-state index in [4.69, 9.17) is 15.2 Å². The molecule has 0 saturated heterocycles. The fraction of sp³-hybridized carbons (Fsp3) is 0.200. The van der Waals surface area contributed by atoms with E-state index in [1.165, 1.54) is 7.11 Å². The van der Waals surface area contributed by atoms with E-state index in [-0.39, 0.29) is 11.6 Å². The zero-order chi connectivity index (χ0) is 13.8. The van der Waals surface area contributed by atoms with Crippen LogP contribution in [0.25, 0.3) is 11.1 Å². The highest BCUT2D eigenvalue weighted by Gasteiger charge is 2.13. The Morgan fingerprint density at radius 2 is 1.84 bits per heavy atom. The Kier molecular flexibility index (Phi) is 4.02. The molecule has 4 heteroatoms. The fourth-order valence-corrected chi connectivity index (χ4v) is 2.01. The molecule has 0 aliphatic heterocycles. The molecule has 0 amide bonds. The largest absolute Gasteiger partial charge is 0.497 e. The van der Waals surface area contributed by atoms with Gasteiger partial charge in [-0.05, 0) is 29.3 Å². The van der Waals surface area contributed by atoms with Gasteiger partial charge in [-0.1, -0.05) is 18.2 Å². The summed E-state index contributed by atoms with van der Waals surface area (Å²) in [6.07, 6.45) is 0. The van der Waals surface area contributed by atoms with Crippen LogP contribution in [0.1, 0.15) is 5.56 Å². The summed E-state index contributed by atoms with van der Waals surface area (Å²) in [6.45, 7) is 0.309. The summed E-state index contributed by atoms with van der Waals surface area (Å²) in [6, 6.07) is 10.5. The predicted octanol–water partition coefficient (Wildman–Crippen LogP) is 2.97. The smallest absolute Gasteiger partial charge is 0.172 e. The highest BCUT2D eigenvalue weighted by atomic mass is 19.1. The maximum absolute atomic E-state index is 14.3. The minimum absolute atomic E-state index is 0.219. The van der Waals surface area contributed by atoms with E-state index in [1.54, 1.807) is 37.4 Å². The maximum atomic E-state index is 14.3. The minimum atomic E-state index is -0.384. The molecule has 0 aliphatic rings. The van der Waals surface area contributed by atoms with Gasteiger partial charge in [0, 0.05) is 12.1 Å². The summed E-state index contributed by atoms with van der Waals surface area (Å²) in [7, 11) is 3.03. The Bertz CT molecular complexity index is 584. The van der Waals surface area contributed by atoms with Crippen molar-refractivity contribution in [1.82, 2.24) is 0 Å². The van der Waals surface area contributed by atoms with E-state index >= 15 is 0 Å². The van der Waals surface area contributed by atoms with Crippen molar-refractivity contribution in [2.24, 2.45) is 5.73 Å². The fourth-order valence-electron chi connectivity index (χ4n) is 2.01. The maximum Gasteiger partial charge on any atom is 0.172 e. The summed E-state index contributed by atoms with van der Waals surface area (Å²) >= 11 is 0. The molecule has 0 aliphatic carbocycles. The quantitative estimate of drug-likeness (QED) is 0.920. The third-order valence-corrected chi connectivity index (χ3v) is 3.01. The van der Waals surface area contributed by atoms with Gasteiger partial charge >= 0.3 is 0 Å². The van der Waals surface area contributed by atoms with Gasteiger partial charge in [0.1, 0.15) is 5.75 Å². The lowest BCUT2D eigenvalue weighted by atomic mass is 9.98. The molecule has 0 atom stereocenters. The first-order valence-electron chi connectivity index (χ1n) is 5.91. The molecule has 0 unspecified atom stereocenters. The van der Waals surface area contributed by atoms with E-state index in [0.717, 1.165) is 11.1 Å². The molecule has 2 aromatic rings. The van der Waals surface area contributed by atoms with Gasteiger partial charge in [0.25, 0.3) is 0 Å². The number of benzene rings is 2. The number of halogens is 1. The van der Waals surface area contributed by atoms with E-state index in [0.29, 0.717) is 17.9 Å². The van der Waals surface area contributed by atoms with Crippen LogP contribution in [-0.2, 0) is 6.54 Å². The normalized spacial score (nSPS) is 10.3. The summed E-state index contributed by atoms with van der Waals surface area (Å²) in [4.78, 5) is 0. The number of nitrogens with two attached hydrogens (primary N) is 1. The van der Waals surface area contributed by atoms with E-state index < -0.39 is 0 Å². The Hall–Kier alpha value is -2.07. The van der Waals surface area contributed by atoms with Gasteiger partial charge in [-0.3, -0.25) is 0 Å². The van der Waals surface area contributed by atoms with Crippen LogP contribution in [0.3, 0.4) is 0 Å². The molecule has 3 nitrogen and oxygen atoms in total. The van der Waals surface area contributed by atoms with Gasteiger partial charge in [-0.25, -0.2) is 4.39 Å². The first-order valence-corrected chi connectivity index (χ1v) is 5.91. The topological polar surface area (TPSA) is 44.5 Å². The molecule has 19 heavy (non-hydrogen) atoms. The van der Waals surface area contributed by atoms with Crippen molar-refractivity contribution in [2.75, 3.05) is 14.2 Å². The lowest BCUT2D eigenvalue weighted by Crippen LogP contribution is -2.01. The van der Waals surface area contributed by atoms with Gasteiger partial charge < -0.3 is 15.2 Å². The Morgan fingerprint density at radius 3 is 2.47 bits per heavy atom. The molecule has 0 heterocycles. The Balaban J connectivity index is 2.58. The number of ether oxygens (including phenoxy) is 2. The van der Waals surface area contributed by atoms with E-state index in [9.17, 15) is 4.39 Å². The average Bonchev–Trinajstić information content (AvgIpc) is 2.47. The zero-order valence-corrected chi connectivity index (χ0v) is 10.9. The summed E-state index contributed by atoms with van der Waals surface area (Å²) < 4.78 is 24.4. The number of hydrogen-bond donors (Lipinski definition) is 1. The van der Waals surface area contributed by atoms with Gasteiger partial charge in [0.2, 0.25) is 0 Å². The Morgan fingerprint density at radius 1 is 1.05 bits per heavy atom. The first-order chi connectivity index (χ1) is 9.21. The predicted molar refractivity (Wildman–Crippen MR) is 72.8 cm³/mol. The number of rotatable bonds is 4. The van der Waals surface area contributed by atoms with Crippen LogP contribution < -0.4 is 15.2 Å². The molecule has 0 fully saturated rings. The number of methoxy groups -OCH3 is 2. The van der Waals surface area contributed by atoms with Crippen LogP contribution in [-0.4, -0.2) is 14.2 Å². The van der Waals surface area contributed by atoms with Gasteiger partial charge in [0.15, 0.2) is 11.6 Å². The molecule has 0 aromatic heterocycles. The summed E-state index contributed by atoms with van der Waals surface area (Å²) in [5.74, 6) is 0.536. The second-order valence-electron chi connectivity index (χ2n) is 4.05. The van der Waals surface area contributed by atoms with Crippen LogP contribution in [0.4, 0.5) is 4.39 Å². The average molecular weight is 261 g/mol. The molecule has 0 saturated carbocycles. The minimum Gasteiger partial charge on any atom is -0.497 e. The lowest BCUT2D eigenvalue weighted by Gasteiger charge is -2.12. The molecular weight excluding hydrogens is 245 g/mol. The molecule has 0 spiro atoms. The highest BCUT2D eigenvalue weighted by molar-refractivity contribution is 5.70. The van der Waals surface area contributed by atoms with Crippen molar-refractivity contribution in [1.29, 1.82) is 0 Å². The molecule has 2 rings (SSSR count). The van der Waals surface area contributed by atoms with Crippen LogP contribution >= 0.6 is 0 Å². The van der Waals surface area contributed by atoms with E-state index in [2.05, 4.69) is 0 Å². The molecule has 100 valence electrons. The van der Waals surface area contributed by atoms with Gasteiger partial charge in [-0.2, -0.15) is 0 Å². The van der Waals surface area contributed by atoms with Crippen molar-refractivity contribution >= 4 is 0 Å². The number of hydrogen-bond acceptors (Lipinski definition) is 3. The van der Waals surface area contributed by atoms with E-state index in [1.807, 2.05) is 6.07 Å². The first kappa shape index (κ1) is 13.4. The lowest BCUT2D eigenvalue weighted by molar-refractivity contribution is 0.387.